The van der Waals surface area contributed by atoms with E-state index in [1.165, 1.54) is 23.5 Å². The summed E-state index contributed by atoms with van der Waals surface area (Å²) in [6.45, 7) is 11.0. The SMILES string of the molecule is COc1ccc(S(=O)(=O)N(CC(C)C)C[C@@H](O)[C@H](Cc2ccccc2)NC(=O)O[C@H]2CO[C@@]3(CO[Si](c4ccccc4)(c4ccccc4)C(C)(C)C)OCC[C@@H]23)cc1. The molecule has 0 saturated carbocycles. The van der Waals surface area contributed by atoms with E-state index in [1.54, 1.807) is 12.1 Å². The van der Waals surface area contributed by atoms with Crippen LogP contribution in [-0.4, -0.2) is 96.3 Å². The van der Waals surface area contributed by atoms with Crippen LogP contribution in [0.2, 0.25) is 5.04 Å². The fraction of sp³-hybridized carbons (Fsp3) is 0.444. The Labute approximate surface area is 344 Å². The van der Waals surface area contributed by atoms with Crippen LogP contribution in [0.4, 0.5) is 4.79 Å². The molecule has 2 saturated heterocycles. The summed E-state index contributed by atoms with van der Waals surface area (Å²) in [5, 5.41) is 16.7. The van der Waals surface area contributed by atoms with Crippen LogP contribution < -0.4 is 20.4 Å². The molecule has 312 valence electrons. The highest BCUT2D eigenvalue weighted by Crippen LogP contribution is 2.45. The first-order valence-electron chi connectivity index (χ1n) is 20.0. The number of amides is 1. The molecule has 0 aliphatic carbocycles. The molecule has 0 unspecified atom stereocenters. The van der Waals surface area contributed by atoms with Gasteiger partial charge in [0.1, 0.15) is 11.9 Å². The minimum atomic E-state index is -4.01. The highest BCUT2D eigenvalue weighted by Gasteiger charge is 2.59. The van der Waals surface area contributed by atoms with Gasteiger partial charge in [-0.2, -0.15) is 4.31 Å². The lowest BCUT2D eigenvalue weighted by atomic mass is 9.95. The predicted molar refractivity (Wildman–Crippen MR) is 226 cm³/mol. The minimum absolute atomic E-state index is 0.0393. The van der Waals surface area contributed by atoms with Crippen molar-refractivity contribution in [2.24, 2.45) is 11.8 Å². The highest BCUT2D eigenvalue weighted by atomic mass is 32.2. The number of fused-ring (bicyclic) bond motifs is 1. The van der Waals surface area contributed by atoms with E-state index in [-0.39, 0.29) is 54.5 Å². The number of benzene rings is 4. The highest BCUT2D eigenvalue weighted by molar-refractivity contribution is 7.89. The van der Waals surface area contributed by atoms with E-state index >= 15 is 0 Å². The molecule has 11 nitrogen and oxygen atoms in total. The maximum absolute atomic E-state index is 13.9. The number of hydrogen-bond donors (Lipinski definition) is 2. The number of ether oxygens (including phenoxy) is 4. The molecule has 4 aromatic carbocycles. The van der Waals surface area contributed by atoms with Crippen molar-refractivity contribution >= 4 is 34.8 Å². The molecule has 6 rings (SSSR count). The van der Waals surface area contributed by atoms with E-state index in [2.05, 4.69) is 50.4 Å². The third-order valence-electron chi connectivity index (χ3n) is 11.2. The molecule has 2 aliphatic heterocycles. The first kappa shape index (κ1) is 43.5. The molecule has 0 radical (unpaired) electrons. The Morgan fingerprint density at radius 1 is 0.897 bits per heavy atom. The first-order valence-corrected chi connectivity index (χ1v) is 23.4. The van der Waals surface area contributed by atoms with Crippen molar-refractivity contribution in [3.8, 4) is 5.75 Å². The van der Waals surface area contributed by atoms with E-state index in [1.807, 2.05) is 80.6 Å². The van der Waals surface area contributed by atoms with Crippen molar-refractivity contribution in [3.05, 3.63) is 121 Å². The van der Waals surface area contributed by atoms with Gasteiger partial charge in [0.2, 0.25) is 10.0 Å². The van der Waals surface area contributed by atoms with Gasteiger partial charge >= 0.3 is 6.09 Å². The summed E-state index contributed by atoms with van der Waals surface area (Å²) in [5.41, 5.74) is 0.855. The van der Waals surface area contributed by atoms with Crippen LogP contribution in [0, 0.1) is 11.8 Å². The molecule has 0 bridgehead atoms. The molecular formula is C45H58N2O9SSi. The van der Waals surface area contributed by atoms with Gasteiger partial charge in [-0.3, -0.25) is 0 Å². The average molecular weight is 831 g/mol. The van der Waals surface area contributed by atoms with Gasteiger partial charge in [0.15, 0.2) is 5.79 Å². The first-order chi connectivity index (χ1) is 27.7. The lowest BCUT2D eigenvalue weighted by Gasteiger charge is -2.44. The smallest absolute Gasteiger partial charge is 0.407 e. The Balaban J connectivity index is 1.20. The summed E-state index contributed by atoms with van der Waals surface area (Å²) >= 11 is 0. The van der Waals surface area contributed by atoms with Crippen LogP contribution in [0.5, 0.6) is 5.75 Å². The summed E-state index contributed by atoms with van der Waals surface area (Å²) in [6.07, 6.45) is -1.83. The summed E-state index contributed by atoms with van der Waals surface area (Å²) in [5.74, 6) is -0.928. The number of carbonyl (C=O) groups excluding carboxylic acids is 1. The molecule has 4 aromatic rings. The molecule has 2 fully saturated rings. The topological polar surface area (TPSA) is 133 Å². The summed E-state index contributed by atoms with van der Waals surface area (Å²) in [6, 6.07) is 35.4. The summed E-state index contributed by atoms with van der Waals surface area (Å²) in [4.78, 5) is 13.9. The van der Waals surface area contributed by atoms with E-state index in [0.717, 1.165) is 15.9 Å². The molecular weight excluding hydrogens is 773 g/mol. The summed E-state index contributed by atoms with van der Waals surface area (Å²) < 4.78 is 60.5. The van der Waals surface area contributed by atoms with Crippen LogP contribution in [-0.2, 0) is 35.1 Å². The van der Waals surface area contributed by atoms with Gasteiger partial charge in [0, 0.05) is 13.1 Å². The van der Waals surface area contributed by atoms with Crippen LogP contribution >= 0.6 is 0 Å². The number of hydrogen-bond acceptors (Lipinski definition) is 9. The zero-order valence-corrected chi connectivity index (χ0v) is 36.2. The second kappa shape index (κ2) is 18.5. The van der Waals surface area contributed by atoms with Crippen LogP contribution in [0.1, 0.15) is 46.6 Å². The largest absolute Gasteiger partial charge is 0.497 e. The number of aliphatic hydroxyl groups excluding tert-OH is 1. The van der Waals surface area contributed by atoms with E-state index in [4.69, 9.17) is 23.4 Å². The van der Waals surface area contributed by atoms with Crippen LogP contribution in [0.15, 0.2) is 120 Å². The third kappa shape index (κ3) is 9.52. The zero-order chi connectivity index (χ0) is 41.6. The van der Waals surface area contributed by atoms with Gasteiger partial charge in [-0.15, -0.1) is 0 Å². The number of rotatable bonds is 17. The van der Waals surface area contributed by atoms with E-state index in [0.29, 0.717) is 18.8 Å². The summed E-state index contributed by atoms with van der Waals surface area (Å²) in [7, 11) is -5.43. The molecule has 5 atom stereocenters. The fourth-order valence-electron chi connectivity index (χ4n) is 8.30. The second-order valence-corrected chi connectivity index (χ2v) is 22.9. The van der Waals surface area contributed by atoms with Crippen LogP contribution in [0.25, 0.3) is 0 Å². The van der Waals surface area contributed by atoms with Crippen molar-refractivity contribution in [1.29, 1.82) is 0 Å². The quantitative estimate of drug-likeness (QED) is 0.128. The van der Waals surface area contributed by atoms with Crippen molar-refractivity contribution in [3.63, 3.8) is 0 Å². The molecule has 2 N–H and O–H groups in total. The van der Waals surface area contributed by atoms with Gasteiger partial charge in [0.05, 0.1) is 49.9 Å². The molecule has 58 heavy (non-hydrogen) atoms. The van der Waals surface area contributed by atoms with E-state index < -0.39 is 48.5 Å². The van der Waals surface area contributed by atoms with Crippen molar-refractivity contribution in [1.82, 2.24) is 9.62 Å². The van der Waals surface area contributed by atoms with Gasteiger partial charge in [-0.05, 0) is 64.0 Å². The fourth-order valence-corrected chi connectivity index (χ4v) is 14.5. The minimum Gasteiger partial charge on any atom is -0.497 e. The Kier molecular flexibility index (Phi) is 13.8. The average Bonchev–Trinajstić information content (AvgIpc) is 3.77. The van der Waals surface area contributed by atoms with Gasteiger partial charge in [-0.1, -0.05) is 126 Å². The lowest BCUT2D eigenvalue weighted by Crippen LogP contribution is -2.67. The molecule has 0 aromatic heterocycles. The maximum Gasteiger partial charge on any atom is 0.407 e. The lowest BCUT2D eigenvalue weighted by molar-refractivity contribution is -0.213. The van der Waals surface area contributed by atoms with Gasteiger partial charge in [0.25, 0.3) is 8.32 Å². The second-order valence-electron chi connectivity index (χ2n) is 16.7. The molecule has 2 aliphatic rings. The standard InChI is InChI=1S/C45H58N2O9SSi/c1-33(2)29-47(57(50,51)36-24-22-35(52-6)23-25-36)30-41(48)40(28-34-16-10-7-11-17-34)46-43(49)56-42-31-54-45(39(42)26-27-53-45)32-55-58(44(3,4)5,37-18-12-8-13-19-37)38-20-14-9-15-21-38/h7-25,33,39-42,48H,26-32H2,1-6H3,(H,46,49)/t39-,40-,41+,42-,45+/m0/s1. The number of aliphatic hydroxyl groups is 1. The van der Waals surface area contributed by atoms with Gasteiger partial charge in [-0.25, -0.2) is 13.2 Å². The Morgan fingerprint density at radius 2 is 1.48 bits per heavy atom. The molecule has 1 amide bonds. The Hall–Kier alpha value is -4.08. The number of alkyl carbamates (subject to hydrolysis) is 1. The Morgan fingerprint density at radius 3 is 2.03 bits per heavy atom. The number of nitrogens with zero attached hydrogens (tertiary/aromatic N) is 1. The zero-order valence-electron chi connectivity index (χ0n) is 34.4. The monoisotopic (exact) mass is 830 g/mol. The number of methoxy groups -OCH3 is 1. The number of carbonyl (C=O) groups is 1. The molecule has 13 heteroatoms. The predicted octanol–water partition coefficient (Wildman–Crippen LogP) is 5.75. The van der Waals surface area contributed by atoms with E-state index in [9.17, 15) is 18.3 Å². The van der Waals surface area contributed by atoms with Crippen molar-refractivity contribution in [2.45, 2.75) is 81.4 Å². The molecule has 2 heterocycles. The maximum atomic E-state index is 13.9. The van der Waals surface area contributed by atoms with Crippen molar-refractivity contribution in [2.75, 3.05) is 40.0 Å². The number of sulfonamides is 1. The number of nitrogens with one attached hydrogen (secondary N) is 1. The van der Waals surface area contributed by atoms with Gasteiger partial charge < -0.3 is 33.8 Å². The van der Waals surface area contributed by atoms with Crippen LogP contribution in [0.3, 0.4) is 0 Å². The normalized spacial score (nSPS) is 20.8. The third-order valence-corrected chi connectivity index (χ3v) is 18.0. The Bertz CT molecular complexity index is 1990. The molecule has 0 spiro atoms. The van der Waals surface area contributed by atoms with Crippen molar-refractivity contribution < 1.29 is 41.7 Å².